The van der Waals surface area contributed by atoms with Gasteiger partial charge >= 0.3 is 0 Å². The van der Waals surface area contributed by atoms with E-state index in [2.05, 4.69) is 37.0 Å². The highest BCUT2D eigenvalue weighted by Crippen LogP contribution is 2.29. The summed E-state index contributed by atoms with van der Waals surface area (Å²) in [5, 5.41) is 0. The number of amides is 1. The quantitative estimate of drug-likeness (QED) is 0.805. The van der Waals surface area contributed by atoms with E-state index in [1.165, 1.54) is 16.7 Å². The van der Waals surface area contributed by atoms with Crippen molar-refractivity contribution < 1.29 is 9.53 Å². The second kappa shape index (κ2) is 6.57. The minimum Gasteiger partial charge on any atom is -0.483 e. The van der Waals surface area contributed by atoms with Crippen LogP contribution in [0.4, 0.5) is 0 Å². The Bertz CT molecular complexity index is 659. The van der Waals surface area contributed by atoms with E-state index < -0.39 is 0 Å². The van der Waals surface area contributed by atoms with Crippen LogP contribution in [0.25, 0.3) is 0 Å². The van der Waals surface area contributed by atoms with Crippen LogP contribution in [-0.2, 0) is 22.5 Å². The van der Waals surface area contributed by atoms with Crippen molar-refractivity contribution in [2.75, 3.05) is 7.11 Å². The SMILES string of the molecule is COC1=N[C@H](CCC=C(C)C)C(=O)N2Cc3ccccc3C[C@@H]12. The lowest BCUT2D eigenvalue weighted by Gasteiger charge is -2.41. The van der Waals surface area contributed by atoms with Crippen molar-refractivity contribution in [1.29, 1.82) is 0 Å². The van der Waals surface area contributed by atoms with Gasteiger partial charge in [-0.2, -0.15) is 0 Å². The number of allylic oxidation sites excluding steroid dienone is 2. The third kappa shape index (κ3) is 3.16. The van der Waals surface area contributed by atoms with Crippen LogP contribution in [0.15, 0.2) is 40.9 Å². The smallest absolute Gasteiger partial charge is 0.248 e. The molecule has 0 saturated heterocycles. The van der Waals surface area contributed by atoms with E-state index in [1.807, 2.05) is 17.0 Å². The van der Waals surface area contributed by atoms with Gasteiger partial charge in [-0.1, -0.05) is 35.9 Å². The number of aliphatic imine (C=N–C) groups is 1. The van der Waals surface area contributed by atoms with Crippen LogP contribution in [0.5, 0.6) is 0 Å². The predicted octanol–water partition coefficient (Wildman–Crippen LogP) is 3.11. The fourth-order valence-corrected chi connectivity index (χ4v) is 3.37. The number of hydrogen-bond acceptors (Lipinski definition) is 3. The number of fused-ring (bicyclic) bond motifs is 2. The number of carbonyl (C=O) groups is 1. The summed E-state index contributed by atoms with van der Waals surface area (Å²) in [6.07, 6.45) is 4.55. The molecule has 1 amide bonds. The number of benzene rings is 1. The van der Waals surface area contributed by atoms with E-state index >= 15 is 0 Å². The second-order valence-electron chi connectivity index (χ2n) is 6.50. The Kier molecular flexibility index (Phi) is 4.51. The third-order valence-corrected chi connectivity index (χ3v) is 4.59. The zero-order valence-electron chi connectivity index (χ0n) is 14.1. The van der Waals surface area contributed by atoms with Crippen molar-refractivity contribution in [1.82, 2.24) is 4.90 Å². The molecule has 0 saturated carbocycles. The van der Waals surface area contributed by atoms with E-state index in [9.17, 15) is 4.79 Å². The van der Waals surface area contributed by atoms with Gasteiger partial charge in [0.15, 0.2) is 0 Å². The lowest BCUT2D eigenvalue weighted by molar-refractivity contribution is -0.136. The molecule has 0 N–H and O–H groups in total. The van der Waals surface area contributed by atoms with Crippen LogP contribution in [0.1, 0.15) is 37.8 Å². The molecule has 1 aromatic rings. The Balaban J connectivity index is 1.84. The molecule has 2 heterocycles. The normalized spacial score (nSPS) is 22.8. The van der Waals surface area contributed by atoms with Crippen LogP contribution in [-0.4, -0.2) is 35.9 Å². The van der Waals surface area contributed by atoms with Gasteiger partial charge in [-0.25, -0.2) is 4.99 Å². The molecule has 23 heavy (non-hydrogen) atoms. The Morgan fingerprint density at radius 2 is 2.09 bits per heavy atom. The molecule has 0 fully saturated rings. The number of ether oxygens (including phenoxy) is 1. The van der Waals surface area contributed by atoms with E-state index in [-0.39, 0.29) is 18.0 Å². The molecule has 3 rings (SSSR count). The first-order chi connectivity index (χ1) is 11.1. The Labute approximate surface area is 137 Å². The monoisotopic (exact) mass is 312 g/mol. The van der Waals surface area contributed by atoms with Crippen LogP contribution in [0, 0.1) is 0 Å². The van der Waals surface area contributed by atoms with Crippen molar-refractivity contribution in [2.45, 2.75) is 51.7 Å². The molecule has 2 atom stereocenters. The molecular formula is C19H24N2O2. The zero-order chi connectivity index (χ0) is 16.4. The van der Waals surface area contributed by atoms with E-state index in [4.69, 9.17) is 4.74 Å². The molecule has 0 radical (unpaired) electrons. The lowest BCUT2D eigenvalue weighted by Crippen LogP contribution is -2.55. The second-order valence-corrected chi connectivity index (χ2v) is 6.50. The summed E-state index contributed by atoms with van der Waals surface area (Å²) in [7, 11) is 1.65. The van der Waals surface area contributed by atoms with Crippen LogP contribution in [0.3, 0.4) is 0 Å². The van der Waals surface area contributed by atoms with Gasteiger partial charge in [0.05, 0.1) is 7.11 Å². The summed E-state index contributed by atoms with van der Waals surface area (Å²) in [5.74, 6) is 0.828. The van der Waals surface area contributed by atoms with Crippen molar-refractivity contribution in [3.8, 4) is 0 Å². The number of carbonyl (C=O) groups excluding carboxylic acids is 1. The van der Waals surface area contributed by atoms with Gasteiger partial charge in [-0.05, 0) is 37.8 Å². The standard InChI is InChI=1S/C19H24N2O2/c1-13(2)7-6-10-16-19(22)21-12-15-9-5-4-8-14(15)11-17(21)18(20-16)23-3/h4-5,7-9,16-17H,6,10-12H2,1-3H3/t16-,17+/m1/s1. The molecule has 2 aliphatic rings. The minimum absolute atomic E-state index is 0.0536. The topological polar surface area (TPSA) is 41.9 Å². The summed E-state index contributed by atoms with van der Waals surface area (Å²) in [6.45, 7) is 4.80. The summed E-state index contributed by atoms with van der Waals surface area (Å²) >= 11 is 0. The van der Waals surface area contributed by atoms with Crippen molar-refractivity contribution in [3.05, 3.63) is 47.0 Å². The average Bonchev–Trinajstić information content (AvgIpc) is 2.55. The number of methoxy groups -OCH3 is 1. The van der Waals surface area contributed by atoms with Gasteiger partial charge in [-0.3, -0.25) is 4.79 Å². The Morgan fingerprint density at radius 3 is 2.78 bits per heavy atom. The van der Waals surface area contributed by atoms with Crippen LogP contribution >= 0.6 is 0 Å². The summed E-state index contributed by atoms with van der Waals surface area (Å²) in [5.41, 5.74) is 3.79. The lowest BCUT2D eigenvalue weighted by atomic mass is 9.91. The number of hydrogen-bond donors (Lipinski definition) is 0. The molecule has 0 aromatic heterocycles. The maximum atomic E-state index is 12.8. The van der Waals surface area contributed by atoms with Crippen molar-refractivity contribution in [2.24, 2.45) is 4.99 Å². The van der Waals surface area contributed by atoms with Crippen LogP contribution < -0.4 is 0 Å². The molecule has 0 unspecified atom stereocenters. The molecule has 122 valence electrons. The maximum Gasteiger partial charge on any atom is 0.248 e. The zero-order valence-corrected chi connectivity index (χ0v) is 14.1. The first-order valence-corrected chi connectivity index (χ1v) is 8.22. The number of nitrogens with zero attached hydrogens (tertiary/aromatic N) is 2. The van der Waals surface area contributed by atoms with Gasteiger partial charge in [0.2, 0.25) is 11.8 Å². The summed E-state index contributed by atoms with van der Waals surface area (Å²) in [6, 6.07) is 7.95. The van der Waals surface area contributed by atoms with Gasteiger partial charge in [-0.15, -0.1) is 0 Å². The fourth-order valence-electron chi connectivity index (χ4n) is 3.37. The average molecular weight is 312 g/mol. The molecule has 1 aromatic carbocycles. The van der Waals surface area contributed by atoms with E-state index in [0.29, 0.717) is 12.4 Å². The van der Waals surface area contributed by atoms with E-state index in [0.717, 1.165) is 19.3 Å². The van der Waals surface area contributed by atoms with Crippen molar-refractivity contribution >= 4 is 11.8 Å². The minimum atomic E-state index is -0.318. The molecule has 0 spiro atoms. The van der Waals surface area contributed by atoms with Gasteiger partial charge in [0, 0.05) is 13.0 Å². The molecular weight excluding hydrogens is 288 g/mol. The van der Waals surface area contributed by atoms with Crippen molar-refractivity contribution in [3.63, 3.8) is 0 Å². The fraction of sp³-hybridized carbons (Fsp3) is 0.474. The highest BCUT2D eigenvalue weighted by molar-refractivity contribution is 5.96. The molecule has 0 bridgehead atoms. The molecule has 2 aliphatic heterocycles. The highest BCUT2D eigenvalue weighted by atomic mass is 16.5. The third-order valence-electron chi connectivity index (χ3n) is 4.59. The molecule has 4 nitrogen and oxygen atoms in total. The number of rotatable bonds is 3. The maximum absolute atomic E-state index is 12.8. The highest BCUT2D eigenvalue weighted by Gasteiger charge is 2.40. The van der Waals surface area contributed by atoms with Gasteiger partial charge in [0.1, 0.15) is 12.1 Å². The Morgan fingerprint density at radius 1 is 1.35 bits per heavy atom. The Hall–Kier alpha value is -2.10. The largest absolute Gasteiger partial charge is 0.483 e. The molecule has 4 heteroatoms. The van der Waals surface area contributed by atoms with Crippen LogP contribution in [0.2, 0.25) is 0 Å². The van der Waals surface area contributed by atoms with E-state index in [1.54, 1.807) is 7.11 Å². The summed E-state index contributed by atoms with van der Waals surface area (Å²) < 4.78 is 5.52. The predicted molar refractivity (Wildman–Crippen MR) is 91.4 cm³/mol. The first kappa shape index (κ1) is 15.8. The van der Waals surface area contributed by atoms with Gasteiger partial charge < -0.3 is 9.64 Å². The van der Waals surface area contributed by atoms with Gasteiger partial charge in [0.25, 0.3) is 0 Å². The summed E-state index contributed by atoms with van der Waals surface area (Å²) in [4.78, 5) is 19.4. The molecule has 0 aliphatic carbocycles. The first-order valence-electron chi connectivity index (χ1n) is 8.22.